The lowest BCUT2D eigenvalue weighted by molar-refractivity contribution is 0.0861. The van der Waals surface area contributed by atoms with Crippen molar-refractivity contribution in [3.63, 3.8) is 0 Å². The van der Waals surface area contributed by atoms with Crippen LogP contribution < -0.4 is 5.32 Å². The van der Waals surface area contributed by atoms with Crippen LogP contribution >= 0.6 is 0 Å². The van der Waals surface area contributed by atoms with Gasteiger partial charge in [0.15, 0.2) is 0 Å². The van der Waals surface area contributed by atoms with E-state index < -0.39 is 0 Å². The van der Waals surface area contributed by atoms with Crippen LogP contribution in [-0.2, 0) is 4.74 Å². The van der Waals surface area contributed by atoms with E-state index in [2.05, 4.69) is 24.1 Å². The van der Waals surface area contributed by atoms with Gasteiger partial charge in [-0.05, 0) is 39.2 Å². The van der Waals surface area contributed by atoms with Crippen molar-refractivity contribution in [1.82, 2.24) is 5.32 Å². The summed E-state index contributed by atoms with van der Waals surface area (Å²) in [5, 5.41) is 3.65. The maximum atomic E-state index is 5.94. The van der Waals surface area contributed by atoms with E-state index >= 15 is 0 Å². The smallest absolute Gasteiger partial charge is 0.0624 e. The molecule has 2 aliphatic rings. The molecule has 4 unspecified atom stereocenters. The first-order valence-electron chi connectivity index (χ1n) is 6.63. The van der Waals surface area contributed by atoms with Crippen LogP contribution in [0.3, 0.4) is 0 Å². The monoisotopic (exact) mass is 221 g/mol. The summed E-state index contributed by atoms with van der Waals surface area (Å²) < 4.78 is 5.94. The third-order valence-corrected chi connectivity index (χ3v) is 3.83. The molecule has 2 heterocycles. The van der Waals surface area contributed by atoms with E-state index in [4.69, 9.17) is 4.74 Å². The molecule has 2 fully saturated rings. The van der Waals surface area contributed by atoms with Gasteiger partial charge in [-0.25, -0.2) is 0 Å². The van der Waals surface area contributed by atoms with Gasteiger partial charge in [0.05, 0.1) is 12.2 Å². The molecule has 0 aliphatic carbocycles. The predicted octanol–water partition coefficient (Wildman–Crippen LogP) is 2.34. The molecule has 4 atom stereocenters. The Morgan fingerprint density at radius 2 is 2.31 bits per heavy atom. The van der Waals surface area contributed by atoms with Crippen LogP contribution in [0.2, 0.25) is 0 Å². The molecule has 0 spiro atoms. The van der Waals surface area contributed by atoms with Gasteiger partial charge < -0.3 is 10.1 Å². The zero-order chi connectivity index (χ0) is 11.4. The first-order valence-corrected chi connectivity index (χ1v) is 6.63. The van der Waals surface area contributed by atoms with E-state index in [1.54, 1.807) is 0 Å². The average molecular weight is 221 g/mol. The Balaban J connectivity index is 1.91. The van der Waals surface area contributed by atoms with E-state index in [-0.39, 0.29) is 0 Å². The maximum Gasteiger partial charge on any atom is 0.0624 e. The molecule has 2 saturated heterocycles. The van der Waals surface area contributed by atoms with Crippen molar-refractivity contribution < 1.29 is 4.74 Å². The molecule has 0 saturated carbocycles. The molecule has 0 radical (unpaired) electrons. The number of hydrogen-bond acceptors (Lipinski definition) is 2. The Morgan fingerprint density at radius 3 is 2.88 bits per heavy atom. The van der Waals surface area contributed by atoms with Crippen LogP contribution in [-0.4, -0.2) is 24.8 Å². The molecule has 2 bridgehead atoms. The van der Waals surface area contributed by atoms with Gasteiger partial charge in [-0.3, -0.25) is 0 Å². The van der Waals surface area contributed by atoms with E-state index in [0.29, 0.717) is 24.2 Å². The molecule has 0 aromatic rings. The minimum Gasteiger partial charge on any atom is -0.375 e. The quantitative estimate of drug-likeness (QED) is 0.719. The summed E-state index contributed by atoms with van der Waals surface area (Å²) in [6.07, 6.45) is 7.02. The zero-order valence-corrected chi connectivity index (χ0v) is 10.5. The highest BCUT2D eigenvalue weighted by molar-refractivity contribution is 5.03. The molecular formula is C14H23NO. The normalized spacial score (nSPS) is 33.5. The van der Waals surface area contributed by atoms with E-state index in [1.165, 1.54) is 25.7 Å². The summed E-state index contributed by atoms with van der Waals surface area (Å²) in [4.78, 5) is 0. The van der Waals surface area contributed by atoms with Crippen molar-refractivity contribution in [2.24, 2.45) is 5.92 Å². The van der Waals surface area contributed by atoms with E-state index in [9.17, 15) is 0 Å². The lowest BCUT2D eigenvalue weighted by Gasteiger charge is -2.28. The van der Waals surface area contributed by atoms with Crippen molar-refractivity contribution in [2.45, 2.75) is 64.2 Å². The van der Waals surface area contributed by atoms with Crippen LogP contribution in [0.5, 0.6) is 0 Å². The Kier molecular flexibility index (Phi) is 4.26. The van der Waals surface area contributed by atoms with Crippen molar-refractivity contribution in [3.8, 4) is 11.8 Å². The Bertz CT molecular complexity index is 278. The van der Waals surface area contributed by atoms with Crippen LogP contribution in [0.25, 0.3) is 0 Å². The van der Waals surface area contributed by atoms with Gasteiger partial charge in [-0.1, -0.05) is 6.92 Å². The van der Waals surface area contributed by atoms with Crippen molar-refractivity contribution in [2.75, 3.05) is 6.54 Å². The van der Waals surface area contributed by atoms with Crippen LogP contribution in [0.1, 0.15) is 46.0 Å². The summed E-state index contributed by atoms with van der Waals surface area (Å²) in [6, 6.07) is 0.544. The maximum absolute atomic E-state index is 5.94. The van der Waals surface area contributed by atoms with Gasteiger partial charge in [-0.2, -0.15) is 0 Å². The van der Waals surface area contributed by atoms with Crippen LogP contribution in [0.15, 0.2) is 0 Å². The van der Waals surface area contributed by atoms with Gasteiger partial charge in [-0.15, -0.1) is 11.8 Å². The summed E-state index contributed by atoms with van der Waals surface area (Å²) in [5.41, 5.74) is 0. The standard InChI is InChI=1S/C14H23NO/c1-3-5-6-13(15-9-4-2)12-10-11-7-8-14(12)16-11/h11-15H,4,6-10H2,1-2H3. The third kappa shape index (κ3) is 2.59. The molecule has 90 valence electrons. The fourth-order valence-electron chi connectivity index (χ4n) is 3.02. The Hall–Kier alpha value is -0.520. The summed E-state index contributed by atoms with van der Waals surface area (Å²) in [5.74, 6) is 6.94. The van der Waals surface area contributed by atoms with E-state index in [1.807, 2.05) is 6.92 Å². The number of nitrogens with one attached hydrogen (secondary N) is 1. The number of hydrogen-bond donors (Lipinski definition) is 1. The first kappa shape index (κ1) is 12.0. The molecule has 0 aromatic carbocycles. The highest BCUT2D eigenvalue weighted by Gasteiger charge is 2.43. The molecule has 0 aromatic heterocycles. The van der Waals surface area contributed by atoms with Crippen molar-refractivity contribution >= 4 is 0 Å². The van der Waals surface area contributed by atoms with Crippen molar-refractivity contribution in [3.05, 3.63) is 0 Å². The lowest BCUT2D eigenvalue weighted by Crippen LogP contribution is -2.40. The van der Waals surface area contributed by atoms with Gasteiger partial charge >= 0.3 is 0 Å². The summed E-state index contributed by atoms with van der Waals surface area (Å²) in [6.45, 7) is 5.24. The van der Waals surface area contributed by atoms with Crippen LogP contribution in [0.4, 0.5) is 0 Å². The molecular weight excluding hydrogens is 198 g/mol. The molecule has 2 rings (SSSR count). The molecule has 2 nitrogen and oxygen atoms in total. The first-order chi connectivity index (χ1) is 7.85. The number of ether oxygens (including phenoxy) is 1. The molecule has 2 heteroatoms. The number of fused-ring (bicyclic) bond motifs is 2. The summed E-state index contributed by atoms with van der Waals surface area (Å²) >= 11 is 0. The van der Waals surface area contributed by atoms with Crippen LogP contribution in [0, 0.1) is 17.8 Å². The average Bonchev–Trinajstić information content (AvgIpc) is 2.91. The second-order valence-corrected chi connectivity index (χ2v) is 4.96. The topological polar surface area (TPSA) is 21.3 Å². The molecule has 1 N–H and O–H groups in total. The minimum atomic E-state index is 0.512. The Morgan fingerprint density at radius 1 is 1.44 bits per heavy atom. The second kappa shape index (κ2) is 5.70. The molecule has 0 amide bonds. The summed E-state index contributed by atoms with van der Waals surface area (Å²) in [7, 11) is 0. The Labute approximate surface area is 99.1 Å². The van der Waals surface area contributed by atoms with Gasteiger partial charge in [0.25, 0.3) is 0 Å². The van der Waals surface area contributed by atoms with Crippen molar-refractivity contribution in [1.29, 1.82) is 0 Å². The number of rotatable bonds is 5. The van der Waals surface area contributed by atoms with E-state index in [0.717, 1.165) is 13.0 Å². The third-order valence-electron chi connectivity index (χ3n) is 3.83. The second-order valence-electron chi connectivity index (χ2n) is 4.96. The largest absolute Gasteiger partial charge is 0.375 e. The van der Waals surface area contributed by atoms with Gasteiger partial charge in [0.1, 0.15) is 0 Å². The molecule has 16 heavy (non-hydrogen) atoms. The minimum absolute atomic E-state index is 0.512. The predicted molar refractivity (Wildman–Crippen MR) is 66.2 cm³/mol. The molecule has 2 aliphatic heterocycles. The SMILES string of the molecule is CC#CCC(NCCC)C1CC2CCC1O2. The zero-order valence-electron chi connectivity index (χ0n) is 10.5. The highest BCUT2D eigenvalue weighted by atomic mass is 16.5. The lowest BCUT2D eigenvalue weighted by atomic mass is 9.82. The highest BCUT2D eigenvalue weighted by Crippen LogP contribution is 2.40. The van der Waals surface area contributed by atoms with Gasteiger partial charge in [0.2, 0.25) is 0 Å². The van der Waals surface area contributed by atoms with Gasteiger partial charge in [0, 0.05) is 18.4 Å². The fourth-order valence-corrected chi connectivity index (χ4v) is 3.02. The fraction of sp³-hybridized carbons (Fsp3) is 0.857.